The van der Waals surface area contributed by atoms with Crippen molar-refractivity contribution in [3.8, 4) is 5.69 Å². The van der Waals surface area contributed by atoms with Gasteiger partial charge in [-0.25, -0.2) is 4.68 Å². The van der Waals surface area contributed by atoms with Crippen LogP contribution in [0.4, 0.5) is 0 Å². The molecule has 4 heteroatoms. The second kappa shape index (κ2) is 4.52. The third-order valence-corrected chi connectivity index (χ3v) is 2.04. The van der Waals surface area contributed by atoms with Gasteiger partial charge in [0.15, 0.2) is 0 Å². The van der Waals surface area contributed by atoms with Crippen LogP contribution in [0.25, 0.3) is 11.8 Å². The minimum atomic E-state index is 0.533. The molecule has 2 rings (SSSR count). The molecule has 0 bridgehead atoms. The van der Waals surface area contributed by atoms with Gasteiger partial charge in [0.1, 0.15) is 0 Å². The van der Waals surface area contributed by atoms with Gasteiger partial charge in [0.2, 0.25) is 0 Å². The highest BCUT2D eigenvalue weighted by Crippen LogP contribution is 2.14. The molecule has 4 nitrogen and oxygen atoms in total. The molecule has 0 spiro atoms. The van der Waals surface area contributed by atoms with E-state index in [2.05, 4.69) is 10.3 Å². The van der Waals surface area contributed by atoms with Crippen LogP contribution in [0.3, 0.4) is 0 Å². The first kappa shape index (κ1) is 9.61. The fourth-order valence-electron chi connectivity index (χ4n) is 1.37. The quantitative estimate of drug-likeness (QED) is 0.811. The van der Waals surface area contributed by atoms with E-state index in [1.807, 2.05) is 42.6 Å². The molecule has 0 amide bonds. The van der Waals surface area contributed by atoms with Gasteiger partial charge in [-0.2, -0.15) is 0 Å². The Balaban J connectivity index is 2.43. The van der Waals surface area contributed by atoms with Gasteiger partial charge in [0.25, 0.3) is 0 Å². The van der Waals surface area contributed by atoms with Crippen molar-refractivity contribution >= 4 is 6.08 Å². The first-order valence-electron chi connectivity index (χ1n) is 4.74. The van der Waals surface area contributed by atoms with Crippen LogP contribution in [0.15, 0.2) is 42.7 Å². The summed E-state index contributed by atoms with van der Waals surface area (Å²) in [5, 5.41) is 7.74. The molecule has 1 heterocycles. The molecule has 0 radical (unpaired) electrons. The number of hydrogen-bond acceptors (Lipinski definition) is 3. The van der Waals surface area contributed by atoms with Gasteiger partial charge in [-0.15, -0.1) is 5.10 Å². The van der Waals surface area contributed by atoms with Crippen LogP contribution in [0.2, 0.25) is 0 Å². The predicted molar refractivity (Wildman–Crippen MR) is 59.4 cm³/mol. The van der Waals surface area contributed by atoms with Crippen molar-refractivity contribution in [2.24, 2.45) is 5.73 Å². The Kier molecular flexibility index (Phi) is 2.90. The summed E-state index contributed by atoms with van der Waals surface area (Å²) in [7, 11) is 0. The lowest BCUT2D eigenvalue weighted by Gasteiger charge is -2.04. The molecule has 0 unspecified atom stereocenters. The molecular formula is C11H12N4. The summed E-state index contributed by atoms with van der Waals surface area (Å²) < 4.78 is 1.73. The Morgan fingerprint density at radius 2 is 2.20 bits per heavy atom. The van der Waals surface area contributed by atoms with Crippen molar-refractivity contribution in [2.45, 2.75) is 0 Å². The number of rotatable bonds is 3. The van der Waals surface area contributed by atoms with Crippen LogP contribution >= 0.6 is 0 Å². The standard InChI is InChI=1S/C11H12N4/c12-7-3-5-10-4-1-2-6-11(10)15-9-8-13-14-15/h1-6,8-9H,7,12H2/b5-3+. The van der Waals surface area contributed by atoms with Gasteiger partial charge >= 0.3 is 0 Å². The molecule has 2 aromatic rings. The number of benzene rings is 1. The average Bonchev–Trinajstić information content (AvgIpc) is 2.80. The Bertz CT molecular complexity index is 445. The summed E-state index contributed by atoms with van der Waals surface area (Å²) in [5.41, 5.74) is 7.50. The zero-order chi connectivity index (χ0) is 10.5. The molecule has 0 aliphatic rings. The first-order valence-corrected chi connectivity index (χ1v) is 4.74. The fraction of sp³-hybridized carbons (Fsp3) is 0.0909. The van der Waals surface area contributed by atoms with E-state index in [9.17, 15) is 0 Å². The number of hydrogen-bond donors (Lipinski definition) is 1. The smallest absolute Gasteiger partial charge is 0.0735 e. The molecule has 0 aliphatic heterocycles. The fourth-order valence-corrected chi connectivity index (χ4v) is 1.37. The zero-order valence-corrected chi connectivity index (χ0v) is 8.24. The molecule has 1 aromatic carbocycles. The van der Waals surface area contributed by atoms with Gasteiger partial charge in [0, 0.05) is 6.54 Å². The van der Waals surface area contributed by atoms with Crippen molar-refractivity contribution in [3.63, 3.8) is 0 Å². The molecule has 0 saturated heterocycles. The summed E-state index contributed by atoms with van der Waals surface area (Å²) in [6.07, 6.45) is 7.37. The van der Waals surface area contributed by atoms with E-state index >= 15 is 0 Å². The third kappa shape index (κ3) is 2.11. The summed E-state index contributed by atoms with van der Waals surface area (Å²) >= 11 is 0. The lowest BCUT2D eigenvalue weighted by molar-refractivity contribution is 0.802. The van der Waals surface area contributed by atoms with Crippen LogP contribution in [0, 0.1) is 0 Å². The van der Waals surface area contributed by atoms with Crippen molar-refractivity contribution in [1.29, 1.82) is 0 Å². The van der Waals surface area contributed by atoms with Crippen molar-refractivity contribution in [2.75, 3.05) is 6.54 Å². The lowest BCUT2D eigenvalue weighted by atomic mass is 10.1. The molecule has 0 saturated carbocycles. The molecule has 1 aromatic heterocycles. The van der Waals surface area contributed by atoms with Crippen LogP contribution < -0.4 is 5.73 Å². The number of nitrogens with two attached hydrogens (primary N) is 1. The zero-order valence-electron chi connectivity index (χ0n) is 8.24. The number of aromatic nitrogens is 3. The SMILES string of the molecule is NC/C=C/c1ccccc1-n1ccnn1. The molecule has 2 N–H and O–H groups in total. The molecule has 15 heavy (non-hydrogen) atoms. The van der Waals surface area contributed by atoms with E-state index in [-0.39, 0.29) is 0 Å². The monoisotopic (exact) mass is 200 g/mol. The van der Waals surface area contributed by atoms with Gasteiger partial charge < -0.3 is 5.73 Å². The van der Waals surface area contributed by atoms with E-state index < -0.39 is 0 Å². The Morgan fingerprint density at radius 1 is 1.33 bits per heavy atom. The molecular weight excluding hydrogens is 188 g/mol. The van der Waals surface area contributed by atoms with E-state index in [0.717, 1.165) is 11.3 Å². The van der Waals surface area contributed by atoms with E-state index in [4.69, 9.17) is 5.73 Å². The van der Waals surface area contributed by atoms with Gasteiger partial charge in [-0.3, -0.25) is 0 Å². The van der Waals surface area contributed by atoms with Crippen molar-refractivity contribution in [3.05, 3.63) is 48.3 Å². The molecule has 76 valence electrons. The minimum absolute atomic E-state index is 0.533. The maximum absolute atomic E-state index is 5.42. The van der Waals surface area contributed by atoms with E-state index in [1.165, 1.54) is 0 Å². The second-order valence-electron chi connectivity index (χ2n) is 3.04. The Hall–Kier alpha value is -1.94. The van der Waals surface area contributed by atoms with Crippen LogP contribution in [-0.2, 0) is 0 Å². The van der Waals surface area contributed by atoms with Crippen LogP contribution in [0.5, 0.6) is 0 Å². The number of para-hydroxylation sites is 1. The lowest BCUT2D eigenvalue weighted by Crippen LogP contribution is -1.98. The minimum Gasteiger partial charge on any atom is -0.327 e. The summed E-state index contributed by atoms with van der Waals surface area (Å²) in [6, 6.07) is 7.96. The summed E-state index contributed by atoms with van der Waals surface area (Å²) in [5.74, 6) is 0. The Morgan fingerprint density at radius 3 is 2.93 bits per heavy atom. The molecule has 0 aliphatic carbocycles. The highest BCUT2D eigenvalue weighted by Gasteiger charge is 2.00. The van der Waals surface area contributed by atoms with Crippen molar-refractivity contribution in [1.82, 2.24) is 15.0 Å². The maximum Gasteiger partial charge on any atom is 0.0735 e. The van der Waals surface area contributed by atoms with E-state index in [1.54, 1.807) is 10.9 Å². The topological polar surface area (TPSA) is 56.7 Å². The average molecular weight is 200 g/mol. The second-order valence-corrected chi connectivity index (χ2v) is 3.04. The largest absolute Gasteiger partial charge is 0.327 e. The molecule has 0 fully saturated rings. The van der Waals surface area contributed by atoms with Gasteiger partial charge in [-0.1, -0.05) is 35.6 Å². The summed E-state index contributed by atoms with van der Waals surface area (Å²) in [4.78, 5) is 0. The Labute approximate surface area is 88.0 Å². The van der Waals surface area contributed by atoms with Crippen molar-refractivity contribution < 1.29 is 0 Å². The maximum atomic E-state index is 5.42. The van der Waals surface area contributed by atoms with Gasteiger partial charge in [0.05, 0.1) is 18.1 Å². The summed E-state index contributed by atoms with van der Waals surface area (Å²) in [6.45, 7) is 0.533. The first-order chi connectivity index (χ1) is 7.42. The third-order valence-electron chi connectivity index (χ3n) is 2.04. The highest BCUT2D eigenvalue weighted by atomic mass is 15.4. The highest BCUT2D eigenvalue weighted by molar-refractivity contribution is 5.60. The van der Waals surface area contributed by atoms with Crippen LogP contribution in [-0.4, -0.2) is 21.5 Å². The molecule has 0 atom stereocenters. The van der Waals surface area contributed by atoms with Crippen LogP contribution in [0.1, 0.15) is 5.56 Å². The number of nitrogens with zero attached hydrogens (tertiary/aromatic N) is 3. The van der Waals surface area contributed by atoms with E-state index in [0.29, 0.717) is 6.54 Å². The predicted octanol–water partition coefficient (Wildman–Crippen LogP) is 1.24. The normalized spacial score (nSPS) is 11.0. The van der Waals surface area contributed by atoms with Gasteiger partial charge in [-0.05, 0) is 11.6 Å².